The van der Waals surface area contributed by atoms with Gasteiger partial charge in [0.15, 0.2) is 7.98 Å². The lowest BCUT2D eigenvalue weighted by atomic mass is 9.77. The van der Waals surface area contributed by atoms with Crippen molar-refractivity contribution < 1.29 is 13.2 Å². The fourth-order valence-electron chi connectivity index (χ4n) is 3.72. The van der Waals surface area contributed by atoms with Gasteiger partial charge in [0, 0.05) is 19.6 Å². The lowest BCUT2D eigenvalue weighted by molar-refractivity contribution is -0.147. The molecule has 1 amide bonds. The van der Waals surface area contributed by atoms with Gasteiger partial charge in [-0.25, -0.2) is 8.42 Å². The molecule has 2 aliphatic heterocycles. The molecule has 2 heterocycles. The van der Waals surface area contributed by atoms with Crippen molar-refractivity contribution in [2.24, 2.45) is 5.41 Å². The molecule has 0 saturated carbocycles. The third-order valence-corrected chi connectivity index (χ3v) is 7.18. The van der Waals surface area contributed by atoms with Crippen LogP contribution in [-0.4, -0.2) is 80.8 Å². The second-order valence-electron chi connectivity index (χ2n) is 7.36. The summed E-state index contributed by atoms with van der Waals surface area (Å²) >= 11 is 0. The second-order valence-corrected chi connectivity index (χ2v) is 9.67. The van der Waals surface area contributed by atoms with Gasteiger partial charge in [0.25, 0.3) is 0 Å². The van der Waals surface area contributed by atoms with Gasteiger partial charge >= 0.3 is 0 Å². The largest absolute Gasteiger partial charge is 0.353 e. The molecule has 0 bridgehead atoms. The Balaban J connectivity index is 2.23. The maximum Gasteiger partial charge on any atom is 0.241 e. The third kappa shape index (κ3) is 3.74. The molecule has 0 N–H and O–H groups in total. The number of carbonyl (C=O) groups is 1. The molecule has 2 radical (unpaired) electrons. The molecule has 2 rings (SSSR count). The van der Waals surface area contributed by atoms with Crippen molar-refractivity contribution in [2.45, 2.75) is 52.1 Å². The number of hydrogen-bond acceptors (Lipinski definition) is 4. The lowest BCUT2D eigenvalue weighted by Gasteiger charge is -2.49. The Hall–Kier alpha value is -0.595. The van der Waals surface area contributed by atoms with Gasteiger partial charge in [-0.3, -0.25) is 4.79 Å². The number of piperidine rings is 2. The standard InChI is InChI=1S/C15H28BN3O3S/c1-5-23(21,22)17(4)13-14(20)19(11-8-15(13,2)3)12-6-9-18(16)10-7-12/h12-13H,5-11H2,1-4H3. The van der Waals surface area contributed by atoms with Crippen LogP contribution in [0.4, 0.5) is 0 Å². The highest BCUT2D eigenvalue weighted by molar-refractivity contribution is 7.89. The van der Waals surface area contributed by atoms with Crippen molar-refractivity contribution in [3.63, 3.8) is 0 Å². The summed E-state index contributed by atoms with van der Waals surface area (Å²) in [5.41, 5.74) is -0.362. The minimum absolute atomic E-state index is 0.00885. The van der Waals surface area contributed by atoms with Crippen molar-refractivity contribution >= 4 is 23.9 Å². The Morgan fingerprint density at radius 3 is 2.35 bits per heavy atom. The van der Waals surface area contributed by atoms with Gasteiger partial charge in [-0.05, 0) is 44.7 Å². The monoisotopic (exact) mass is 341 g/mol. The first-order valence-corrected chi connectivity index (χ1v) is 9.97. The van der Waals surface area contributed by atoms with Crippen LogP contribution in [0.25, 0.3) is 0 Å². The molecule has 1 atom stereocenters. The van der Waals surface area contributed by atoms with Crippen molar-refractivity contribution in [1.29, 1.82) is 0 Å². The van der Waals surface area contributed by atoms with Gasteiger partial charge in [0.05, 0.1) is 5.75 Å². The summed E-state index contributed by atoms with van der Waals surface area (Å²) in [4.78, 5) is 16.8. The van der Waals surface area contributed by atoms with Crippen LogP contribution >= 0.6 is 0 Å². The maximum absolute atomic E-state index is 13.1. The fourth-order valence-corrected chi connectivity index (χ4v) is 4.82. The highest BCUT2D eigenvalue weighted by Crippen LogP contribution is 2.37. The number of likely N-dealkylation sites (tertiary alicyclic amines) is 1. The third-order valence-electron chi connectivity index (χ3n) is 5.36. The van der Waals surface area contributed by atoms with E-state index < -0.39 is 16.1 Å². The molecule has 6 nitrogen and oxygen atoms in total. The van der Waals surface area contributed by atoms with E-state index >= 15 is 0 Å². The zero-order chi connectivity index (χ0) is 17.4. The molecule has 0 aromatic heterocycles. The Labute approximate surface area is 141 Å². The fraction of sp³-hybridized carbons (Fsp3) is 0.933. The van der Waals surface area contributed by atoms with Crippen LogP contribution < -0.4 is 0 Å². The van der Waals surface area contributed by atoms with Crippen molar-refractivity contribution in [1.82, 2.24) is 14.0 Å². The summed E-state index contributed by atoms with van der Waals surface area (Å²) in [6, 6.07) is -0.462. The first-order valence-electron chi connectivity index (χ1n) is 8.36. The number of hydrogen-bond donors (Lipinski definition) is 0. The molecular weight excluding hydrogens is 313 g/mol. The van der Waals surface area contributed by atoms with E-state index in [0.29, 0.717) is 6.54 Å². The predicted octanol–water partition coefficient (Wildman–Crippen LogP) is 0.443. The molecule has 0 aromatic carbocycles. The number of amides is 1. The molecule has 2 saturated heterocycles. The van der Waals surface area contributed by atoms with Crippen molar-refractivity contribution in [3.05, 3.63) is 0 Å². The summed E-state index contributed by atoms with van der Waals surface area (Å²) in [7, 11) is 3.93. The predicted molar refractivity (Wildman–Crippen MR) is 91.5 cm³/mol. The second kappa shape index (κ2) is 6.72. The maximum atomic E-state index is 13.1. The lowest BCUT2D eigenvalue weighted by Crippen LogP contribution is -2.63. The van der Waals surface area contributed by atoms with Gasteiger partial charge in [0.1, 0.15) is 6.04 Å². The van der Waals surface area contributed by atoms with E-state index in [9.17, 15) is 13.2 Å². The molecule has 2 aliphatic rings. The van der Waals surface area contributed by atoms with Crippen molar-refractivity contribution in [3.8, 4) is 0 Å². The van der Waals surface area contributed by atoms with Crippen LogP contribution in [0.1, 0.15) is 40.0 Å². The van der Waals surface area contributed by atoms with Crippen LogP contribution in [0.2, 0.25) is 0 Å². The van der Waals surface area contributed by atoms with Crippen LogP contribution in [0.15, 0.2) is 0 Å². The zero-order valence-electron chi connectivity index (χ0n) is 14.7. The summed E-state index contributed by atoms with van der Waals surface area (Å²) in [6.07, 6.45) is 2.50. The zero-order valence-corrected chi connectivity index (χ0v) is 15.5. The molecule has 0 aliphatic carbocycles. The van der Waals surface area contributed by atoms with Crippen LogP contribution in [0, 0.1) is 5.41 Å². The molecule has 0 spiro atoms. The van der Waals surface area contributed by atoms with E-state index in [-0.39, 0.29) is 23.1 Å². The van der Waals surface area contributed by atoms with Gasteiger partial charge in [0.2, 0.25) is 15.9 Å². The van der Waals surface area contributed by atoms with E-state index in [1.54, 1.807) is 11.7 Å². The summed E-state index contributed by atoms with van der Waals surface area (Å²) in [5, 5.41) is 0. The van der Waals surface area contributed by atoms with Gasteiger partial charge in [-0.1, -0.05) is 13.8 Å². The molecule has 130 valence electrons. The van der Waals surface area contributed by atoms with Gasteiger partial charge < -0.3 is 9.71 Å². The van der Waals surface area contributed by atoms with Gasteiger partial charge in [-0.15, -0.1) is 0 Å². The Morgan fingerprint density at radius 2 is 1.83 bits per heavy atom. The molecule has 2 fully saturated rings. The number of likely N-dealkylation sites (N-methyl/N-ethyl adjacent to an activating group) is 1. The molecule has 8 heteroatoms. The molecule has 1 unspecified atom stereocenters. The van der Waals surface area contributed by atoms with E-state index in [0.717, 1.165) is 32.4 Å². The molecular formula is C15H28BN3O3S. The number of rotatable bonds is 4. The average Bonchev–Trinajstić information content (AvgIpc) is 2.48. The quantitative estimate of drug-likeness (QED) is 0.697. The molecule has 23 heavy (non-hydrogen) atoms. The van der Waals surface area contributed by atoms with Crippen LogP contribution in [0.3, 0.4) is 0 Å². The molecule has 0 aromatic rings. The average molecular weight is 341 g/mol. The van der Waals surface area contributed by atoms with Crippen LogP contribution in [-0.2, 0) is 14.8 Å². The first kappa shape index (κ1) is 18.7. The van der Waals surface area contributed by atoms with Crippen molar-refractivity contribution in [2.75, 3.05) is 32.4 Å². The summed E-state index contributed by atoms with van der Waals surface area (Å²) < 4.78 is 25.9. The normalized spacial score (nSPS) is 27.6. The SMILES string of the molecule is [B]N1CCC(N2CCC(C)(C)C(N(C)S(=O)(=O)CC)C2=O)CC1. The number of sulfonamides is 1. The van der Waals surface area contributed by atoms with Gasteiger partial charge in [-0.2, -0.15) is 4.31 Å². The highest BCUT2D eigenvalue weighted by atomic mass is 32.2. The minimum Gasteiger partial charge on any atom is -0.353 e. The van der Waals surface area contributed by atoms with E-state index in [1.165, 1.54) is 11.4 Å². The smallest absolute Gasteiger partial charge is 0.241 e. The summed E-state index contributed by atoms with van der Waals surface area (Å²) in [5.74, 6) is -0.0502. The van der Waals surface area contributed by atoms with E-state index in [2.05, 4.69) is 0 Å². The topological polar surface area (TPSA) is 60.9 Å². The summed E-state index contributed by atoms with van der Waals surface area (Å²) in [6.45, 7) is 7.81. The Kier molecular flexibility index (Phi) is 5.48. The minimum atomic E-state index is -3.41. The van der Waals surface area contributed by atoms with E-state index in [4.69, 9.17) is 7.98 Å². The Morgan fingerprint density at radius 1 is 1.26 bits per heavy atom. The first-order chi connectivity index (χ1) is 10.6. The Bertz CT molecular complexity index is 544. The highest BCUT2D eigenvalue weighted by Gasteiger charge is 2.48. The van der Waals surface area contributed by atoms with Crippen LogP contribution in [0.5, 0.6) is 0 Å². The van der Waals surface area contributed by atoms with E-state index in [1.807, 2.05) is 18.7 Å². The number of nitrogens with zero attached hydrogens (tertiary/aromatic N) is 3. The number of carbonyl (C=O) groups excluding carboxylic acids is 1.